The van der Waals surface area contributed by atoms with Crippen molar-refractivity contribution in [2.45, 2.75) is 31.7 Å². The van der Waals surface area contributed by atoms with E-state index in [4.69, 9.17) is 0 Å². The van der Waals surface area contributed by atoms with Crippen LogP contribution in [0.25, 0.3) is 0 Å². The largest absolute Gasteiger partial charge is 0.317 e. The molecule has 0 saturated carbocycles. The van der Waals surface area contributed by atoms with E-state index in [1.807, 2.05) is 60.7 Å². The molecule has 2 aromatic rings. The lowest BCUT2D eigenvalue weighted by molar-refractivity contribution is 0.460. The van der Waals surface area contributed by atoms with Gasteiger partial charge in [-0.3, -0.25) is 0 Å². The number of hydrogen-bond donors (Lipinski definition) is 1. The average molecular weight is 296 g/mol. The van der Waals surface area contributed by atoms with Gasteiger partial charge < -0.3 is 5.32 Å². The Morgan fingerprint density at radius 2 is 1.45 bits per heavy atom. The van der Waals surface area contributed by atoms with E-state index in [9.17, 15) is 4.91 Å². The van der Waals surface area contributed by atoms with Crippen molar-refractivity contribution in [2.24, 2.45) is 5.18 Å². The number of nitrogens with one attached hydrogen (secondary N) is 1. The van der Waals surface area contributed by atoms with Gasteiger partial charge in [-0.25, -0.2) is 0 Å². The monoisotopic (exact) mass is 296 g/mol. The first-order valence-corrected chi connectivity index (χ1v) is 8.00. The van der Waals surface area contributed by atoms with Gasteiger partial charge in [0.1, 0.15) is 0 Å². The van der Waals surface area contributed by atoms with Crippen molar-refractivity contribution in [2.75, 3.05) is 13.1 Å². The first kappa shape index (κ1) is 16.4. The molecule has 0 radical (unpaired) electrons. The molecule has 22 heavy (non-hydrogen) atoms. The summed E-state index contributed by atoms with van der Waals surface area (Å²) in [6, 6.07) is 19.8. The van der Waals surface area contributed by atoms with E-state index in [2.05, 4.69) is 17.4 Å². The Bertz CT molecular complexity index is 515. The lowest BCUT2D eigenvalue weighted by atomic mass is 9.80. The first-order valence-electron chi connectivity index (χ1n) is 8.00. The molecule has 116 valence electrons. The summed E-state index contributed by atoms with van der Waals surface area (Å²) in [5, 5.41) is 6.99. The predicted octanol–water partition coefficient (Wildman–Crippen LogP) is 4.48. The van der Waals surface area contributed by atoms with Gasteiger partial charge >= 0.3 is 0 Å². The number of benzene rings is 2. The van der Waals surface area contributed by atoms with Crippen LogP contribution in [0.3, 0.4) is 0 Å². The highest BCUT2D eigenvalue weighted by atomic mass is 16.3. The van der Waals surface area contributed by atoms with Crippen LogP contribution < -0.4 is 5.32 Å². The van der Waals surface area contributed by atoms with E-state index in [-0.39, 0.29) is 0 Å². The Morgan fingerprint density at radius 1 is 0.909 bits per heavy atom. The molecule has 0 heterocycles. The van der Waals surface area contributed by atoms with Gasteiger partial charge in [0.05, 0.1) is 0 Å². The van der Waals surface area contributed by atoms with E-state index in [0.717, 1.165) is 37.1 Å². The SMILES string of the molecule is CCCNCCCC(N=O)(c1ccccc1)c1ccccc1. The summed E-state index contributed by atoms with van der Waals surface area (Å²) >= 11 is 0. The minimum atomic E-state index is -0.795. The molecular weight excluding hydrogens is 272 g/mol. The lowest BCUT2D eigenvalue weighted by Crippen LogP contribution is -2.27. The molecule has 2 rings (SSSR count). The predicted molar refractivity (Wildman–Crippen MR) is 91.9 cm³/mol. The van der Waals surface area contributed by atoms with Crippen LogP contribution in [0.2, 0.25) is 0 Å². The van der Waals surface area contributed by atoms with Crippen LogP contribution in [0, 0.1) is 4.91 Å². The molecule has 2 aromatic carbocycles. The summed E-state index contributed by atoms with van der Waals surface area (Å²) in [5.74, 6) is 0. The van der Waals surface area contributed by atoms with Gasteiger partial charge in [0.2, 0.25) is 0 Å². The van der Waals surface area contributed by atoms with Gasteiger partial charge in [0.25, 0.3) is 0 Å². The van der Waals surface area contributed by atoms with Crippen LogP contribution in [-0.2, 0) is 5.54 Å². The van der Waals surface area contributed by atoms with Crippen molar-refractivity contribution in [3.05, 3.63) is 76.7 Å². The van der Waals surface area contributed by atoms with E-state index in [0.29, 0.717) is 6.42 Å². The van der Waals surface area contributed by atoms with Crippen LogP contribution in [-0.4, -0.2) is 13.1 Å². The van der Waals surface area contributed by atoms with Crippen LogP contribution in [0.1, 0.15) is 37.3 Å². The lowest BCUT2D eigenvalue weighted by Gasteiger charge is -2.27. The molecule has 3 heteroatoms. The second-order valence-corrected chi connectivity index (χ2v) is 5.54. The number of nitroso groups, excluding NO2 is 1. The number of nitrogens with zero attached hydrogens (tertiary/aromatic N) is 1. The topological polar surface area (TPSA) is 41.5 Å². The fraction of sp³-hybridized carbons (Fsp3) is 0.368. The molecule has 0 aliphatic rings. The summed E-state index contributed by atoms with van der Waals surface area (Å²) in [7, 11) is 0. The molecule has 0 aliphatic heterocycles. The number of hydrogen-bond acceptors (Lipinski definition) is 3. The summed E-state index contributed by atoms with van der Waals surface area (Å²) in [5.41, 5.74) is 1.13. The third-order valence-electron chi connectivity index (χ3n) is 3.98. The Labute approximate surface area is 132 Å². The Hall–Kier alpha value is -2.00. The molecule has 0 bridgehead atoms. The van der Waals surface area contributed by atoms with Crippen molar-refractivity contribution in [1.29, 1.82) is 0 Å². The zero-order valence-corrected chi connectivity index (χ0v) is 13.2. The minimum absolute atomic E-state index is 0.710. The maximum atomic E-state index is 11.9. The summed E-state index contributed by atoms with van der Waals surface area (Å²) < 4.78 is 0. The van der Waals surface area contributed by atoms with Crippen molar-refractivity contribution in [3.63, 3.8) is 0 Å². The fourth-order valence-electron chi connectivity index (χ4n) is 2.81. The molecule has 0 fully saturated rings. The van der Waals surface area contributed by atoms with Gasteiger partial charge in [-0.15, -0.1) is 4.91 Å². The summed E-state index contributed by atoms with van der Waals surface area (Å²) in [4.78, 5) is 11.9. The van der Waals surface area contributed by atoms with Crippen LogP contribution in [0.15, 0.2) is 65.8 Å². The van der Waals surface area contributed by atoms with E-state index in [1.165, 1.54) is 0 Å². The Balaban J connectivity index is 2.25. The highest BCUT2D eigenvalue weighted by Gasteiger charge is 2.35. The molecule has 1 N–H and O–H groups in total. The van der Waals surface area contributed by atoms with Gasteiger partial charge in [-0.1, -0.05) is 72.8 Å². The number of rotatable bonds is 9. The standard InChI is InChI=1S/C19H24N2O/c1-2-15-20-16-9-14-19(21-22,17-10-5-3-6-11-17)18-12-7-4-8-13-18/h3-8,10-13,20H,2,9,14-16H2,1H3. The van der Waals surface area contributed by atoms with Crippen molar-refractivity contribution >= 4 is 0 Å². The Kier molecular flexibility index (Phi) is 6.28. The normalized spacial score (nSPS) is 11.3. The second kappa shape index (κ2) is 8.44. The van der Waals surface area contributed by atoms with Crippen LogP contribution in [0.4, 0.5) is 0 Å². The molecule has 0 atom stereocenters. The van der Waals surface area contributed by atoms with Crippen molar-refractivity contribution in [1.82, 2.24) is 5.32 Å². The molecule has 0 aromatic heterocycles. The van der Waals surface area contributed by atoms with Gasteiger partial charge in [0.15, 0.2) is 5.54 Å². The molecule has 0 spiro atoms. The summed E-state index contributed by atoms with van der Waals surface area (Å²) in [6.07, 6.45) is 2.74. The third kappa shape index (κ3) is 3.80. The third-order valence-corrected chi connectivity index (χ3v) is 3.98. The van der Waals surface area contributed by atoms with Crippen LogP contribution in [0.5, 0.6) is 0 Å². The highest BCUT2D eigenvalue weighted by molar-refractivity contribution is 5.38. The maximum Gasteiger partial charge on any atom is 0.152 e. The quantitative estimate of drug-likeness (QED) is 0.547. The molecule has 3 nitrogen and oxygen atoms in total. The molecule has 0 aliphatic carbocycles. The Morgan fingerprint density at radius 3 is 1.91 bits per heavy atom. The second-order valence-electron chi connectivity index (χ2n) is 5.54. The maximum absolute atomic E-state index is 11.9. The van der Waals surface area contributed by atoms with E-state index < -0.39 is 5.54 Å². The molecule has 0 unspecified atom stereocenters. The smallest absolute Gasteiger partial charge is 0.152 e. The fourth-order valence-corrected chi connectivity index (χ4v) is 2.81. The van der Waals surface area contributed by atoms with Gasteiger partial charge in [-0.05, 0) is 43.5 Å². The van der Waals surface area contributed by atoms with Crippen molar-refractivity contribution < 1.29 is 0 Å². The zero-order valence-electron chi connectivity index (χ0n) is 13.2. The summed E-state index contributed by atoms with van der Waals surface area (Å²) in [6.45, 7) is 4.07. The first-order chi connectivity index (χ1) is 10.8. The minimum Gasteiger partial charge on any atom is -0.317 e. The highest BCUT2D eigenvalue weighted by Crippen LogP contribution is 2.37. The van der Waals surface area contributed by atoms with Crippen LogP contribution >= 0.6 is 0 Å². The van der Waals surface area contributed by atoms with Crippen molar-refractivity contribution in [3.8, 4) is 0 Å². The molecule has 0 amide bonds. The zero-order chi connectivity index (χ0) is 15.7. The van der Waals surface area contributed by atoms with E-state index in [1.54, 1.807) is 0 Å². The average Bonchev–Trinajstić information content (AvgIpc) is 2.60. The van der Waals surface area contributed by atoms with E-state index >= 15 is 0 Å². The molecular formula is C19H24N2O. The van der Waals surface area contributed by atoms with Gasteiger partial charge in [0, 0.05) is 0 Å². The molecule has 0 saturated heterocycles. The van der Waals surface area contributed by atoms with Gasteiger partial charge in [-0.2, -0.15) is 0 Å².